The molecule has 0 spiro atoms. The number of rotatable bonds is 7. The first-order valence-electron chi connectivity index (χ1n) is 8.94. The number of hydrogen-bond acceptors (Lipinski definition) is 4. The predicted octanol–water partition coefficient (Wildman–Crippen LogP) is 2.88. The van der Waals surface area contributed by atoms with E-state index in [0.29, 0.717) is 30.7 Å². The summed E-state index contributed by atoms with van der Waals surface area (Å²) >= 11 is 0. The first kappa shape index (κ1) is 20.5. The first-order valence-corrected chi connectivity index (χ1v) is 8.94. The number of carboxylic acids is 1. The number of nitrogens with zero attached hydrogens (tertiary/aromatic N) is 2. The Kier molecular flexibility index (Phi) is 6.25. The number of carboxylic acid groups (broad SMARTS) is 1. The molecule has 1 aromatic carbocycles. The number of methoxy groups -OCH3 is 1. The van der Waals surface area contributed by atoms with Crippen LogP contribution in [0.2, 0.25) is 0 Å². The molecule has 1 aromatic heterocycles. The van der Waals surface area contributed by atoms with Crippen molar-refractivity contribution in [1.82, 2.24) is 15.1 Å². The molecule has 1 amide bonds. The normalized spacial score (nSPS) is 11.3. The van der Waals surface area contributed by atoms with E-state index in [1.165, 1.54) is 19.2 Å². The molecule has 0 saturated heterocycles. The number of aromatic carboxylic acids is 1. The summed E-state index contributed by atoms with van der Waals surface area (Å²) in [6.45, 7) is 8.56. The minimum Gasteiger partial charge on any atom is -0.496 e. The topological polar surface area (TPSA) is 93.5 Å². The average Bonchev–Trinajstić information content (AvgIpc) is 3.06. The summed E-state index contributed by atoms with van der Waals surface area (Å²) in [5.41, 5.74) is 2.30. The van der Waals surface area contributed by atoms with Crippen LogP contribution in [0.25, 0.3) is 0 Å². The molecular weight excluding hydrogens is 346 g/mol. The van der Waals surface area contributed by atoms with Gasteiger partial charge in [0, 0.05) is 6.54 Å². The Morgan fingerprint density at radius 3 is 2.56 bits per heavy atom. The van der Waals surface area contributed by atoms with E-state index >= 15 is 0 Å². The van der Waals surface area contributed by atoms with Crippen LogP contribution in [0.15, 0.2) is 24.4 Å². The monoisotopic (exact) mass is 373 g/mol. The zero-order chi connectivity index (χ0) is 20.2. The molecule has 0 aliphatic rings. The van der Waals surface area contributed by atoms with Crippen molar-refractivity contribution in [2.45, 2.75) is 46.1 Å². The maximum absolute atomic E-state index is 12.6. The Labute approximate surface area is 159 Å². The Balaban J connectivity index is 2.07. The molecule has 0 aliphatic heterocycles. The lowest BCUT2D eigenvalue weighted by atomic mass is 10.1. The van der Waals surface area contributed by atoms with Crippen LogP contribution in [-0.4, -0.2) is 40.4 Å². The van der Waals surface area contributed by atoms with Gasteiger partial charge >= 0.3 is 5.97 Å². The lowest BCUT2D eigenvalue weighted by molar-refractivity contribution is 0.0696. The van der Waals surface area contributed by atoms with Crippen LogP contribution < -0.4 is 10.1 Å². The SMILES string of the molecule is CCc1c(C(=O)NCCc2ccc(C(=O)O)cc2OC)cnn1C(C)(C)C. The van der Waals surface area contributed by atoms with E-state index in [4.69, 9.17) is 9.84 Å². The third kappa shape index (κ3) is 4.67. The molecule has 0 saturated carbocycles. The van der Waals surface area contributed by atoms with Crippen LogP contribution in [0.1, 0.15) is 59.7 Å². The molecule has 2 N–H and O–H groups in total. The molecule has 0 fully saturated rings. The van der Waals surface area contributed by atoms with Crippen LogP contribution >= 0.6 is 0 Å². The van der Waals surface area contributed by atoms with Gasteiger partial charge in [-0.1, -0.05) is 13.0 Å². The van der Waals surface area contributed by atoms with E-state index in [2.05, 4.69) is 10.4 Å². The van der Waals surface area contributed by atoms with Gasteiger partial charge in [-0.25, -0.2) is 4.79 Å². The van der Waals surface area contributed by atoms with Gasteiger partial charge in [0.15, 0.2) is 0 Å². The molecule has 0 atom stereocenters. The zero-order valence-corrected chi connectivity index (χ0v) is 16.5. The van der Waals surface area contributed by atoms with Crippen molar-refractivity contribution in [2.24, 2.45) is 0 Å². The van der Waals surface area contributed by atoms with Crippen LogP contribution in [0.3, 0.4) is 0 Å². The second-order valence-electron chi connectivity index (χ2n) is 7.28. The fraction of sp³-hybridized carbons (Fsp3) is 0.450. The number of ether oxygens (including phenoxy) is 1. The second kappa shape index (κ2) is 8.24. The third-order valence-corrected chi connectivity index (χ3v) is 4.30. The van der Waals surface area contributed by atoms with E-state index in [1.807, 2.05) is 32.4 Å². The number of benzene rings is 1. The fourth-order valence-corrected chi connectivity index (χ4v) is 2.97. The Bertz CT molecular complexity index is 834. The molecule has 2 rings (SSSR count). The lowest BCUT2D eigenvalue weighted by Crippen LogP contribution is -2.29. The summed E-state index contributed by atoms with van der Waals surface area (Å²) in [5, 5.41) is 16.3. The highest BCUT2D eigenvalue weighted by Gasteiger charge is 2.22. The fourth-order valence-electron chi connectivity index (χ4n) is 2.97. The number of hydrogen-bond donors (Lipinski definition) is 2. The Morgan fingerprint density at radius 1 is 1.30 bits per heavy atom. The molecule has 0 radical (unpaired) electrons. The summed E-state index contributed by atoms with van der Waals surface area (Å²) in [6.07, 6.45) is 2.86. The maximum Gasteiger partial charge on any atom is 0.335 e. The van der Waals surface area contributed by atoms with E-state index in [9.17, 15) is 9.59 Å². The van der Waals surface area contributed by atoms with Crippen LogP contribution in [0.4, 0.5) is 0 Å². The highest BCUT2D eigenvalue weighted by Crippen LogP contribution is 2.21. The standard InChI is InChI=1S/C20H27N3O4/c1-6-16-15(12-22-23(16)20(2,3)4)18(24)21-10-9-13-7-8-14(19(25)26)11-17(13)27-5/h7-8,11-12H,6,9-10H2,1-5H3,(H,21,24)(H,25,26). The minimum atomic E-state index is -1.00. The first-order chi connectivity index (χ1) is 12.7. The lowest BCUT2D eigenvalue weighted by Gasteiger charge is -2.22. The van der Waals surface area contributed by atoms with E-state index in [1.54, 1.807) is 12.3 Å². The van der Waals surface area contributed by atoms with Gasteiger partial charge in [0.2, 0.25) is 0 Å². The van der Waals surface area contributed by atoms with Crippen molar-refractivity contribution >= 4 is 11.9 Å². The van der Waals surface area contributed by atoms with E-state index in [-0.39, 0.29) is 17.0 Å². The van der Waals surface area contributed by atoms with Crippen molar-refractivity contribution in [3.05, 3.63) is 46.8 Å². The summed E-state index contributed by atoms with van der Waals surface area (Å²) in [5.74, 6) is -0.668. The molecule has 146 valence electrons. The minimum absolute atomic E-state index is 0.163. The highest BCUT2D eigenvalue weighted by molar-refractivity contribution is 5.95. The maximum atomic E-state index is 12.6. The molecule has 7 heteroatoms. The summed E-state index contributed by atoms with van der Waals surface area (Å²) in [6, 6.07) is 4.73. The van der Waals surface area contributed by atoms with Gasteiger partial charge in [0.25, 0.3) is 5.91 Å². The van der Waals surface area contributed by atoms with Gasteiger partial charge in [0.1, 0.15) is 5.75 Å². The zero-order valence-electron chi connectivity index (χ0n) is 16.5. The van der Waals surface area contributed by atoms with Gasteiger partial charge in [-0.05, 0) is 51.3 Å². The van der Waals surface area contributed by atoms with Crippen molar-refractivity contribution in [1.29, 1.82) is 0 Å². The van der Waals surface area contributed by atoms with Gasteiger partial charge in [0.05, 0.1) is 35.7 Å². The smallest absolute Gasteiger partial charge is 0.335 e. The van der Waals surface area contributed by atoms with Gasteiger partial charge in [-0.2, -0.15) is 5.10 Å². The molecule has 0 bridgehead atoms. The van der Waals surface area contributed by atoms with Crippen LogP contribution in [0.5, 0.6) is 5.75 Å². The van der Waals surface area contributed by atoms with Crippen LogP contribution in [0, 0.1) is 0 Å². The Hall–Kier alpha value is -2.83. The average molecular weight is 373 g/mol. The van der Waals surface area contributed by atoms with Crippen molar-refractivity contribution in [3.63, 3.8) is 0 Å². The van der Waals surface area contributed by atoms with Crippen molar-refractivity contribution in [2.75, 3.05) is 13.7 Å². The summed E-state index contributed by atoms with van der Waals surface area (Å²) in [4.78, 5) is 23.6. The van der Waals surface area contributed by atoms with Crippen molar-refractivity contribution in [3.8, 4) is 5.75 Å². The molecular formula is C20H27N3O4. The van der Waals surface area contributed by atoms with Gasteiger partial charge in [-0.15, -0.1) is 0 Å². The number of aromatic nitrogens is 2. The highest BCUT2D eigenvalue weighted by atomic mass is 16.5. The molecule has 2 aromatic rings. The number of amides is 1. The number of carbonyl (C=O) groups excluding carboxylic acids is 1. The van der Waals surface area contributed by atoms with Gasteiger partial charge < -0.3 is 15.2 Å². The molecule has 0 unspecified atom stereocenters. The predicted molar refractivity (Wildman–Crippen MR) is 103 cm³/mol. The van der Waals surface area contributed by atoms with E-state index < -0.39 is 5.97 Å². The van der Waals surface area contributed by atoms with Crippen LogP contribution in [-0.2, 0) is 18.4 Å². The third-order valence-electron chi connectivity index (χ3n) is 4.30. The number of nitrogens with one attached hydrogen (secondary N) is 1. The number of carbonyl (C=O) groups is 2. The molecule has 0 aliphatic carbocycles. The summed E-state index contributed by atoms with van der Waals surface area (Å²) in [7, 11) is 1.50. The quantitative estimate of drug-likeness (QED) is 0.778. The van der Waals surface area contributed by atoms with Crippen molar-refractivity contribution < 1.29 is 19.4 Å². The van der Waals surface area contributed by atoms with Gasteiger partial charge in [-0.3, -0.25) is 9.48 Å². The Morgan fingerprint density at radius 2 is 2.00 bits per heavy atom. The second-order valence-corrected chi connectivity index (χ2v) is 7.28. The molecule has 1 heterocycles. The summed E-state index contributed by atoms with van der Waals surface area (Å²) < 4.78 is 7.15. The molecule has 27 heavy (non-hydrogen) atoms. The molecule has 7 nitrogen and oxygen atoms in total. The largest absolute Gasteiger partial charge is 0.496 e. The van der Waals surface area contributed by atoms with E-state index in [0.717, 1.165) is 11.3 Å².